The molecule has 0 aliphatic heterocycles. The minimum Gasteiger partial charge on any atom is -1.00 e. The lowest BCUT2D eigenvalue weighted by molar-refractivity contribution is -0.0000124. The lowest BCUT2D eigenvalue weighted by Crippen LogP contribution is -3.00. The molecule has 4 nitrogen and oxygen atoms in total. The zero-order valence-electron chi connectivity index (χ0n) is 11.1. The number of hydrogen-bond donors (Lipinski definition) is 1. The lowest BCUT2D eigenvalue weighted by atomic mass is 10.2. The van der Waals surface area contributed by atoms with Crippen molar-refractivity contribution in [2.75, 3.05) is 34.3 Å². The smallest absolute Gasteiger partial charge is 0.251 e. The van der Waals surface area contributed by atoms with Gasteiger partial charge < -0.3 is 27.4 Å². The van der Waals surface area contributed by atoms with E-state index in [1.807, 2.05) is 14.1 Å². The van der Waals surface area contributed by atoms with Gasteiger partial charge in [-0.3, -0.25) is 4.79 Å². The standard InChI is InChI=1S/C13H20N2O2.ClH/c1-15(2)10-4-9-14-13(16)11-5-7-12(17-3)8-6-11;/h5-8H,4,9-10H2,1-3H3,(H,14,16);1H/p-1. The molecule has 18 heavy (non-hydrogen) atoms. The van der Waals surface area contributed by atoms with Crippen molar-refractivity contribution in [1.29, 1.82) is 0 Å². The summed E-state index contributed by atoms with van der Waals surface area (Å²) in [6, 6.07) is 7.10. The molecule has 0 radical (unpaired) electrons. The molecule has 0 aliphatic rings. The molecule has 1 N–H and O–H groups in total. The van der Waals surface area contributed by atoms with Gasteiger partial charge in [-0.2, -0.15) is 0 Å². The van der Waals surface area contributed by atoms with Crippen LogP contribution in [-0.4, -0.2) is 45.1 Å². The zero-order valence-corrected chi connectivity index (χ0v) is 11.8. The molecule has 0 aliphatic carbocycles. The predicted octanol–water partition coefficient (Wildman–Crippen LogP) is -1.62. The van der Waals surface area contributed by atoms with Gasteiger partial charge in [-0.1, -0.05) is 0 Å². The third-order valence-electron chi connectivity index (χ3n) is 2.42. The van der Waals surface area contributed by atoms with Gasteiger partial charge in [0.1, 0.15) is 5.75 Å². The second-order valence-corrected chi connectivity index (χ2v) is 4.14. The van der Waals surface area contributed by atoms with Crippen molar-refractivity contribution in [2.45, 2.75) is 6.42 Å². The van der Waals surface area contributed by atoms with E-state index >= 15 is 0 Å². The van der Waals surface area contributed by atoms with Crippen LogP contribution in [0, 0.1) is 0 Å². The van der Waals surface area contributed by atoms with Gasteiger partial charge in [-0.25, -0.2) is 0 Å². The van der Waals surface area contributed by atoms with Crippen molar-refractivity contribution >= 4 is 5.91 Å². The molecule has 0 fully saturated rings. The summed E-state index contributed by atoms with van der Waals surface area (Å²) in [5.74, 6) is 0.723. The molecule has 0 saturated carbocycles. The number of halogens is 1. The van der Waals surface area contributed by atoms with Gasteiger partial charge in [-0.05, 0) is 51.3 Å². The summed E-state index contributed by atoms with van der Waals surface area (Å²) >= 11 is 0. The molecule has 0 spiro atoms. The molecule has 0 aromatic heterocycles. The van der Waals surface area contributed by atoms with E-state index in [1.165, 1.54) is 0 Å². The van der Waals surface area contributed by atoms with Crippen molar-refractivity contribution < 1.29 is 21.9 Å². The largest absolute Gasteiger partial charge is 1.00 e. The zero-order chi connectivity index (χ0) is 12.7. The van der Waals surface area contributed by atoms with E-state index in [2.05, 4.69) is 10.2 Å². The van der Waals surface area contributed by atoms with E-state index < -0.39 is 0 Å². The maximum absolute atomic E-state index is 11.7. The molecular weight excluding hydrogens is 252 g/mol. The summed E-state index contributed by atoms with van der Waals surface area (Å²) in [5.41, 5.74) is 0.663. The van der Waals surface area contributed by atoms with Crippen molar-refractivity contribution in [3.63, 3.8) is 0 Å². The third-order valence-corrected chi connectivity index (χ3v) is 2.42. The van der Waals surface area contributed by atoms with Gasteiger partial charge in [-0.15, -0.1) is 0 Å². The molecule has 1 aromatic rings. The normalized spacial score (nSPS) is 9.78. The van der Waals surface area contributed by atoms with Gasteiger partial charge in [0, 0.05) is 12.1 Å². The second-order valence-electron chi connectivity index (χ2n) is 4.14. The first-order valence-corrected chi connectivity index (χ1v) is 5.70. The van der Waals surface area contributed by atoms with Crippen LogP contribution < -0.4 is 22.5 Å². The Morgan fingerprint density at radius 3 is 2.39 bits per heavy atom. The molecule has 102 valence electrons. The van der Waals surface area contributed by atoms with Crippen molar-refractivity contribution in [3.8, 4) is 5.75 Å². The summed E-state index contributed by atoms with van der Waals surface area (Å²) < 4.78 is 5.04. The molecule has 1 aromatic carbocycles. The van der Waals surface area contributed by atoms with Crippen LogP contribution in [-0.2, 0) is 0 Å². The Hall–Kier alpha value is -1.26. The van der Waals surface area contributed by atoms with Crippen LogP contribution >= 0.6 is 0 Å². The van der Waals surface area contributed by atoms with Crippen molar-refractivity contribution in [3.05, 3.63) is 29.8 Å². The van der Waals surface area contributed by atoms with E-state index in [4.69, 9.17) is 4.74 Å². The molecule has 0 atom stereocenters. The highest BCUT2D eigenvalue weighted by Crippen LogP contribution is 2.10. The summed E-state index contributed by atoms with van der Waals surface area (Å²) in [5, 5.41) is 2.89. The van der Waals surface area contributed by atoms with Gasteiger partial charge in [0.05, 0.1) is 7.11 Å². The number of methoxy groups -OCH3 is 1. The first-order chi connectivity index (χ1) is 8.13. The van der Waals surface area contributed by atoms with Gasteiger partial charge in [0.25, 0.3) is 5.91 Å². The molecular formula is C13H20ClN2O2-. The highest BCUT2D eigenvalue weighted by molar-refractivity contribution is 5.94. The SMILES string of the molecule is COc1ccc(C(=O)NCCCN(C)C)cc1.[Cl-]. The average molecular weight is 272 g/mol. The van der Waals surface area contributed by atoms with Crippen LogP contribution in [0.15, 0.2) is 24.3 Å². The summed E-state index contributed by atoms with van der Waals surface area (Å²) in [7, 11) is 5.65. The van der Waals surface area contributed by atoms with Crippen LogP contribution in [0.1, 0.15) is 16.8 Å². The minimum absolute atomic E-state index is 0. The highest BCUT2D eigenvalue weighted by Gasteiger charge is 2.04. The number of hydrogen-bond acceptors (Lipinski definition) is 3. The number of ether oxygens (including phenoxy) is 1. The number of nitrogens with one attached hydrogen (secondary N) is 1. The molecule has 1 rings (SSSR count). The van der Waals surface area contributed by atoms with E-state index in [1.54, 1.807) is 31.4 Å². The molecule has 5 heteroatoms. The van der Waals surface area contributed by atoms with Gasteiger partial charge in [0.15, 0.2) is 0 Å². The third kappa shape index (κ3) is 5.89. The minimum atomic E-state index is -0.0357. The Morgan fingerprint density at radius 2 is 1.89 bits per heavy atom. The van der Waals surface area contributed by atoms with Gasteiger partial charge >= 0.3 is 0 Å². The summed E-state index contributed by atoms with van der Waals surface area (Å²) in [6.45, 7) is 1.67. The van der Waals surface area contributed by atoms with E-state index in [-0.39, 0.29) is 18.3 Å². The van der Waals surface area contributed by atoms with Crippen LogP contribution in [0.5, 0.6) is 5.75 Å². The number of benzene rings is 1. The first-order valence-electron chi connectivity index (χ1n) is 5.70. The van der Waals surface area contributed by atoms with Crippen LogP contribution in [0.4, 0.5) is 0 Å². The van der Waals surface area contributed by atoms with Crippen molar-refractivity contribution in [1.82, 2.24) is 10.2 Å². The Morgan fingerprint density at radius 1 is 1.28 bits per heavy atom. The van der Waals surface area contributed by atoms with E-state index in [0.717, 1.165) is 18.7 Å². The predicted molar refractivity (Wildman–Crippen MR) is 68.5 cm³/mol. The van der Waals surface area contributed by atoms with Crippen molar-refractivity contribution in [2.24, 2.45) is 0 Å². The quantitative estimate of drug-likeness (QED) is 0.633. The van der Waals surface area contributed by atoms with Gasteiger partial charge in [0.2, 0.25) is 0 Å². The Labute approximate surface area is 115 Å². The van der Waals surface area contributed by atoms with E-state index in [0.29, 0.717) is 12.1 Å². The topological polar surface area (TPSA) is 41.6 Å². The number of carbonyl (C=O) groups excluding carboxylic acids is 1. The number of carbonyl (C=O) groups is 1. The molecule has 1 amide bonds. The maximum Gasteiger partial charge on any atom is 0.251 e. The monoisotopic (exact) mass is 271 g/mol. The fourth-order valence-electron chi connectivity index (χ4n) is 1.44. The highest BCUT2D eigenvalue weighted by atomic mass is 35.5. The number of rotatable bonds is 6. The summed E-state index contributed by atoms with van der Waals surface area (Å²) in [4.78, 5) is 13.8. The Balaban J connectivity index is 0.00000289. The summed E-state index contributed by atoms with van der Waals surface area (Å²) in [6.07, 6.45) is 0.953. The maximum atomic E-state index is 11.7. The fourth-order valence-corrected chi connectivity index (χ4v) is 1.44. The van der Waals surface area contributed by atoms with Crippen LogP contribution in [0.25, 0.3) is 0 Å². The lowest BCUT2D eigenvalue weighted by Gasteiger charge is -2.10. The Kier molecular flexibility index (Phi) is 8.16. The fraction of sp³-hybridized carbons (Fsp3) is 0.462. The number of nitrogens with zero attached hydrogens (tertiary/aromatic N) is 1. The Bertz CT molecular complexity index is 353. The van der Waals surface area contributed by atoms with E-state index in [9.17, 15) is 4.79 Å². The first kappa shape index (κ1) is 16.7. The van der Waals surface area contributed by atoms with Crippen LogP contribution in [0.3, 0.4) is 0 Å². The average Bonchev–Trinajstić information content (AvgIpc) is 2.34. The van der Waals surface area contributed by atoms with Crippen LogP contribution in [0.2, 0.25) is 0 Å². The molecule has 0 unspecified atom stereocenters. The second kappa shape index (κ2) is 8.78. The molecule has 0 saturated heterocycles. The number of amides is 1. The molecule has 0 heterocycles. The molecule has 0 bridgehead atoms.